The van der Waals surface area contributed by atoms with Crippen LogP contribution in [0.15, 0.2) is 11.4 Å². The topological polar surface area (TPSA) is 86.1 Å². The molecular weight excluding hydrogens is 352 g/mol. The van der Waals surface area contributed by atoms with Crippen molar-refractivity contribution in [2.75, 3.05) is 24.6 Å². The van der Waals surface area contributed by atoms with Gasteiger partial charge < -0.3 is 25.0 Å². The second kappa shape index (κ2) is 6.40. The van der Waals surface area contributed by atoms with Crippen molar-refractivity contribution in [2.24, 2.45) is 0 Å². The molecule has 0 bridgehead atoms. The summed E-state index contributed by atoms with van der Waals surface area (Å²) in [5.74, 6) is 0. The fraction of sp³-hybridized carbons (Fsp3) is 0.562. The Morgan fingerprint density at radius 3 is 2.71 bits per heavy atom. The first-order chi connectivity index (χ1) is 11.6. The maximum Gasteiger partial charge on any atom is 0.131 e. The Bertz CT molecular complexity index is 749. The molecule has 2 aliphatic rings. The van der Waals surface area contributed by atoms with E-state index in [1.54, 1.807) is 0 Å². The number of anilines is 1. The van der Waals surface area contributed by atoms with Crippen LogP contribution in [0.5, 0.6) is 0 Å². The molecule has 4 rings (SSSR count). The summed E-state index contributed by atoms with van der Waals surface area (Å²) >= 11 is 7.77. The maximum absolute atomic E-state index is 10.3. The molecule has 3 N–H and O–H groups in total. The Morgan fingerprint density at radius 2 is 2.04 bits per heavy atom. The van der Waals surface area contributed by atoms with E-state index in [-0.39, 0.29) is 6.61 Å². The number of pyridine rings is 1. The smallest absolute Gasteiger partial charge is 0.131 e. The minimum atomic E-state index is -1.12. The van der Waals surface area contributed by atoms with Gasteiger partial charge in [-0.15, -0.1) is 11.3 Å². The number of nitrogens with zero attached hydrogens (tertiary/aromatic N) is 2. The second-order valence-electron chi connectivity index (χ2n) is 6.29. The first-order valence-corrected chi connectivity index (χ1v) is 9.31. The van der Waals surface area contributed by atoms with Gasteiger partial charge in [-0.05, 0) is 18.2 Å². The van der Waals surface area contributed by atoms with Gasteiger partial charge in [0.25, 0.3) is 0 Å². The van der Waals surface area contributed by atoms with Gasteiger partial charge in [0.1, 0.15) is 29.6 Å². The summed E-state index contributed by atoms with van der Waals surface area (Å²) in [5, 5.41) is 31.9. The van der Waals surface area contributed by atoms with E-state index in [0.29, 0.717) is 16.2 Å². The van der Waals surface area contributed by atoms with E-state index in [1.807, 2.05) is 11.4 Å². The molecular formula is C16H19ClN2O4S. The fourth-order valence-corrected chi connectivity index (χ4v) is 4.79. The molecule has 0 aliphatic carbocycles. The highest BCUT2D eigenvalue weighted by atomic mass is 35.5. The number of thiophene rings is 1. The first kappa shape index (κ1) is 16.5. The molecule has 4 atom stereocenters. The van der Waals surface area contributed by atoms with Crippen LogP contribution in [-0.4, -0.2) is 58.3 Å². The van der Waals surface area contributed by atoms with Crippen molar-refractivity contribution in [3.8, 4) is 0 Å². The quantitative estimate of drug-likeness (QED) is 0.713. The first-order valence-electron chi connectivity index (χ1n) is 8.05. The van der Waals surface area contributed by atoms with E-state index in [0.717, 1.165) is 36.3 Å². The summed E-state index contributed by atoms with van der Waals surface area (Å²) in [6, 6.07) is 1.88. The number of hydrogen-bond acceptors (Lipinski definition) is 7. The van der Waals surface area contributed by atoms with Crippen molar-refractivity contribution in [1.29, 1.82) is 0 Å². The van der Waals surface area contributed by atoms with Gasteiger partial charge in [0.05, 0.1) is 22.5 Å². The SMILES string of the molecule is OC[C@H]1O[C@@H](c2csc3c(N4CCCC4)cc(Cl)nc23)[C@H](O)[C@@H]1O. The van der Waals surface area contributed by atoms with Gasteiger partial charge in [-0.3, -0.25) is 0 Å². The highest BCUT2D eigenvalue weighted by Crippen LogP contribution is 2.43. The standard InChI is InChI=1S/C16H19ClN2O4S/c17-11-5-9(19-3-1-2-4-19)16-12(18-11)8(7-24-16)15-14(22)13(21)10(6-20)23-15/h5,7,10,13-15,20-22H,1-4,6H2/t10-,13-,14-,15+/m1/s1. The molecule has 4 heterocycles. The van der Waals surface area contributed by atoms with Gasteiger partial charge in [-0.1, -0.05) is 11.6 Å². The lowest BCUT2D eigenvalue weighted by atomic mass is 10.0. The lowest BCUT2D eigenvalue weighted by Gasteiger charge is -2.19. The molecule has 0 aromatic carbocycles. The van der Waals surface area contributed by atoms with E-state index in [1.165, 1.54) is 11.3 Å². The monoisotopic (exact) mass is 370 g/mol. The second-order valence-corrected chi connectivity index (χ2v) is 7.55. The lowest BCUT2D eigenvalue weighted by molar-refractivity contribution is -0.0223. The van der Waals surface area contributed by atoms with E-state index < -0.39 is 24.4 Å². The van der Waals surface area contributed by atoms with Crippen molar-refractivity contribution in [3.05, 3.63) is 22.2 Å². The van der Waals surface area contributed by atoms with Gasteiger partial charge in [0.15, 0.2) is 0 Å². The largest absolute Gasteiger partial charge is 0.394 e. The zero-order valence-electron chi connectivity index (χ0n) is 12.9. The third-order valence-electron chi connectivity index (χ3n) is 4.79. The molecule has 130 valence electrons. The van der Waals surface area contributed by atoms with Crippen LogP contribution in [0.3, 0.4) is 0 Å². The number of ether oxygens (including phenoxy) is 1. The van der Waals surface area contributed by atoms with E-state index in [9.17, 15) is 15.3 Å². The van der Waals surface area contributed by atoms with Gasteiger partial charge in [-0.2, -0.15) is 0 Å². The van der Waals surface area contributed by atoms with Crippen LogP contribution >= 0.6 is 22.9 Å². The van der Waals surface area contributed by atoms with Gasteiger partial charge in [0, 0.05) is 24.7 Å². The molecule has 2 aliphatic heterocycles. The molecule has 2 aromatic rings. The van der Waals surface area contributed by atoms with Crippen LogP contribution in [-0.2, 0) is 4.74 Å². The third-order valence-corrected chi connectivity index (χ3v) is 6.00. The number of halogens is 1. The predicted octanol–water partition coefficient (Wildman–Crippen LogP) is 1.70. The molecule has 2 saturated heterocycles. The normalized spacial score (nSPS) is 30.6. The average Bonchev–Trinajstić information content (AvgIpc) is 3.28. The van der Waals surface area contributed by atoms with Crippen molar-refractivity contribution in [2.45, 2.75) is 37.3 Å². The zero-order chi connectivity index (χ0) is 16.8. The fourth-order valence-electron chi connectivity index (χ4n) is 3.53. The summed E-state index contributed by atoms with van der Waals surface area (Å²) in [6.07, 6.45) is -1.41. The molecule has 24 heavy (non-hydrogen) atoms. The Hall–Kier alpha value is -0.960. The molecule has 0 spiro atoms. The summed E-state index contributed by atoms with van der Waals surface area (Å²) in [4.78, 5) is 6.74. The van der Waals surface area contributed by atoms with Crippen molar-refractivity contribution >= 4 is 38.8 Å². The molecule has 0 saturated carbocycles. The molecule has 0 radical (unpaired) electrons. The number of fused-ring (bicyclic) bond motifs is 1. The van der Waals surface area contributed by atoms with Crippen LogP contribution in [0.2, 0.25) is 5.15 Å². The van der Waals surface area contributed by atoms with Gasteiger partial charge in [-0.25, -0.2) is 4.98 Å². The van der Waals surface area contributed by atoms with E-state index in [4.69, 9.17) is 16.3 Å². The third kappa shape index (κ3) is 2.60. The number of hydrogen-bond donors (Lipinski definition) is 3. The van der Waals surface area contributed by atoms with Gasteiger partial charge in [0.2, 0.25) is 0 Å². The summed E-state index contributed by atoms with van der Waals surface area (Å²) in [5.41, 5.74) is 2.47. The van der Waals surface area contributed by atoms with Crippen molar-refractivity contribution in [1.82, 2.24) is 4.98 Å². The van der Waals surface area contributed by atoms with Crippen LogP contribution in [0.4, 0.5) is 5.69 Å². The number of aliphatic hydroxyl groups excluding tert-OH is 3. The summed E-state index contributed by atoms with van der Waals surface area (Å²) in [7, 11) is 0. The molecule has 8 heteroatoms. The number of aliphatic hydroxyl groups is 3. The van der Waals surface area contributed by atoms with Crippen LogP contribution in [0.25, 0.3) is 10.2 Å². The molecule has 0 unspecified atom stereocenters. The average molecular weight is 371 g/mol. The van der Waals surface area contributed by atoms with Crippen molar-refractivity contribution in [3.63, 3.8) is 0 Å². The Kier molecular flexibility index (Phi) is 4.40. The Morgan fingerprint density at radius 1 is 1.29 bits per heavy atom. The summed E-state index contributed by atoms with van der Waals surface area (Å²) in [6.45, 7) is 1.65. The van der Waals surface area contributed by atoms with Crippen LogP contribution in [0, 0.1) is 0 Å². The van der Waals surface area contributed by atoms with Crippen LogP contribution < -0.4 is 4.90 Å². The minimum Gasteiger partial charge on any atom is -0.394 e. The zero-order valence-corrected chi connectivity index (χ0v) is 14.5. The lowest BCUT2D eigenvalue weighted by Crippen LogP contribution is -2.32. The summed E-state index contributed by atoms with van der Waals surface area (Å²) < 4.78 is 6.66. The van der Waals surface area contributed by atoms with E-state index in [2.05, 4.69) is 9.88 Å². The molecule has 6 nitrogen and oxygen atoms in total. The highest BCUT2D eigenvalue weighted by Gasteiger charge is 2.44. The van der Waals surface area contributed by atoms with Gasteiger partial charge >= 0.3 is 0 Å². The number of rotatable bonds is 3. The molecule has 0 amide bonds. The maximum atomic E-state index is 10.3. The molecule has 2 fully saturated rings. The minimum absolute atomic E-state index is 0.343. The Labute approximate surface area is 148 Å². The number of aromatic nitrogens is 1. The predicted molar refractivity (Wildman–Crippen MR) is 92.8 cm³/mol. The Balaban J connectivity index is 1.78. The van der Waals surface area contributed by atoms with Crippen LogP contribution in [0.1, 0.15) is 24.5 Å². The van der Waals surface area contributed by atoms with Crippen molar-refractivity contribution < 1.29 is 20.1 Å². The highest BCUT2D eigenvalue weighted by molar-refractivity contribution is 7.18. The van der Waals surface area contributed by atoms with E-state index >= 15 is 0 Å². The molecule has 2 aromatic heterocycles.